The largest absolute Gasteiger partial charge is 0.504 e. The third-order valence-corrected chi connectivity index (χ3v) is 7.03. The lowest BCUT2D eigenvalue weighted by atomic mass is 9.98. The lowest BCUT2D eigenvalue weighted by Crippen LogP contribution is -2.61. The van der Waals surface area contributed by atoms with Crippen molar-refractivity contribution in [3.63, 3.8) is 0 Å². The Morgan fingerprint density at radius 3 is 2.30 bits per heavy atom. The minimum absolute atomic E-state index is 0.0824. The molecule has 0 spiro atoms. The normalized spacial score (nSPS) is 31.0. The molecule has 2 aromatic carbocycles. The molecule has 2 aliphatic rings. The Labute approximate surface area is 245 Å². The lowest BCUT2D eigenvalue weighted by Gasteiger charge is -2.43. The average Bonchev–Trinajstić information content (AvgIpc) is 3.27. The number of carbonyl (C=O) groups is 1. The topological polar surface area (TPSA) is 245 Å². The van der Waals surface area contributed by atoms with Crippen molar-refractivity contribution in [3.05, 3.63) is 53.6 Å². The summed E-state index contributed by atoms with van der Waals surface area (Å²) in [5, 5.41) is 89.9. The van der Waals surface area contributed by atoms with E-state index in [0.29, 0.717) is 11.1 Å². The molecule has 0 aliphatic carbocycles. The van der Waals surface area contributed by atoms with Crippen molar-refractivity contribution in [1.82, 2.24) is 0 Å². The van der Waals surface area contributed by atoms with Crippen LogP contribution in [0.4, 0.5) is 0 Å². The van der Waals surface area contributed by atoms with Crippen LogP contribution in [0, 0.1) is 0 Å². The van der Waals surface area contributed by atoms with Gasteiger partial charge < -0.3 is 69.6 Å². The van der Waals surface area contributed by atoms with Crippen LogP contribution in [-0.4, -0.2) is 127 Å². The SMILES string of the molecule is O=C(/C=C/c1ccc(O)c(O)c1)OC[C@H]1O[C@@H](OCCc2ccc(O)c(O)c2)[C@H](O[C@@H]2OC[C@](O)(CO)[C@H]2O)[C@H](O)[C@@H]1O. The molecule has 236 valence electrons. The van der Waals surface area contributed by atoms with Gasteiger partial charge in [0.25, 0.3) is 0 Å². The van der Waals surface area contributed by atoms with Crippen LogP contribution in [0.25, 0.3) is 6.08 Å². The molecule has 2 heterocycles. The third kappa shape index (κ3) is 7.72. The molecule has 43 heavy (non-hydrogen) atoms. The summed E-state index contributed by atoms with van der Waals surface area (Å²) < 4.78 is 27.6. The van der Waals surface area contributed by atoms with Crippen molar-refractivity contribution < 1.29 is 74.4 Å². The van der Waals surface area contributed by atoms with Crippen LogP contribution < -0.4 is 0 Å². The van der Waals surface area contributed by atoms with Crippen molar-refractivity contribution in [2.75, 3.05) is 26.4 Å². The number of ether oxygens (including phenoxy) is 5. The van der Waals surface area contributed by atoms with E-state index in [9.17, 15) is 50.8 Å². The van der Waals surface area contributed by atoms with Gasteiger partial charge in [0.1, 0.15) is 42.7 Å². The minimum atomic E-state index is -2.02. The molecule has 0 saturated carbocycles. The van der Waals surface area contributed by atoms with Crippen molar-refractivity contribution in [2.45, 2.75) is 55.1 Å². The fraction of sp³-hybridized carbons (Fsp3) is 0.464. The monoisotopic (exact) mass is 610 g/mol. The van der Waals surface area contributed by atoms with Gasteiger partial charge in [-0.2, -0.15) is 0 Å². The number of aliphatic hydroxyl groups excluding tert-OH is 4. The maximum atomic E-state index is 12.3. The van der Waals surface area contributed by atoms with Crippen LogP contribution in [0.2, 0.25) is 0 Å². The molecular formula is C28H34O15. The summed E-state index contributed by atoms with van der Waals surface area (Å²) >= 11 is 0. The summed E-state index contributed by atoms with van der Waals surface area (Å²) in [6, 6.07) is 8.05. The fourth-order valence-electron chi connectivity index (χ4n) is 4.42. The van der Waals surface area contributed by atoms with E-state index in [4.69, 9.17) is 23.7 Å². The molecule has 15 nitrogen and oxygen atoms in total. The summed E-state index contributed by atoms with van der Waals surface area (Å²) in [6.45, 7) is -1.93. The Hall–Kier alpha value is -3.51. The number of aliphatic hydroxyl groups is 5. The van der Waals surface area contributed by atoms with Crippen molar-refractivity contribution >= 4 is 12.0 Å². The average molecular weight is 611 g/mol. The van der Waals surface area contributed by atoms with E-state index in [-0.39, 0.29) is 36.0 Å². The molecule has 9 N–H and O–H groups in total. The first kappa shape index (κ1) is 32.4. The molecule has 2 aliphatic heterocycles. The second kappa shape index (κ2) is 13.9. The summed E-state index contributed by atoms with van der Waals surface area (Å²) in [5.74, 6) is -2.22. The van der Waals surface area contributed by atoms with Crippen LogP contribution in [0.1, 0.15) is 11.1 Å². The number of rotatable bonds is 11. The molecule has 2 saturated heterocycles. The van der Waals surface area contributed by atoms with Gasteiger partial charge in [-0.25, -0.2) is 4.79 Å². The molecule has 4 rings (SSSR count). The fourth-order valence-corrected chi connectivity index (χ4v) is 4.42. The number of benzene rings is 2. The Balaban J connectivity index is 1.42. The second-order valence-electron chi connectivity index (χ2n) is 10.2. The molecule has 2 fully saturated rings. The van der Waals surface area contributed by atoms with Gasteiger partial charge in [0.05, 0.1) is 19.8 Å². The van der Waals surface area contributed by atoms with Gasteiger partial charge >= 0.3 is 5.97 Å². The summed E-state index contributed by atoms with van der Waals surface area (Å²) in [4.78, 5) is 12.3. The van der Waals surface area contributed by atoms with Crippen LogP contribution in [0.15, 0.2) is 42.5 Å². The molecule has 2 aromatic rings. The summed E-state index contributed by atoms with van der Waals surface area (Å²) in [7, 11) is 0. The van der Waals surface area contributed by atoms with Crippen molar-refractivity contribution in [2.24, 2.45) is 0 Å². The number of hydrogen-bond donors (Lipinski definition) is 9. The zero-order valence-corrected chi connectivity index (χ0v) is 22.7. The first-order chi connectivity index (χ1) is 20.4. The number of aromatic hydroxyl groups is 4. The van der Waals surface area contributed by atoms with E-state index < -0.39 is 74.5 Å². The quantitative estimate of drug-likeness (QED) is 0.0806. The third-order valence-electron chi connectivity index (χ3n) is 7.03. The first-order valence-corrected chi connectivity index (χ1v) is 13.2. The van der Waals surface area contributed by atoms with E-state index in [1.807, 2.05) is 0 Å². The molecule has 8 atom stereocenters. The predicted octanol–water partition coefficient (Wildman–Crippen LogP) is -1.40. The van der Waals surface area contributed by atoms with Gasteiger partial charge in [-0.3, -0.25) is 0 Å². The van der Waals surface area contributed by atoms with E-state index in [1.165, 1.54) is 36.4 Å². The standard InChI is InChI=1S/C28H34O15/c29-12-28(38)13-41-27(25(28)37)43-24-23(36)22(35)20(11-40-21(34)6-3-14-1-4-16(30)18(32)9-14)42-26(24)39-8-7-15-2-5-17(31)19(33)10-15/h1-6,9-10,20,22-27,29-33,35-38H,7-8,11-13H2/b6-3+/t20-,22-,23-,24-,25+,26-,27+,28-/m1/s1. The predicted molar refractivity (Wildman–Crippen MR) is 143 cm³/mol. The van der Waals surface area contributed by atoms with Crippen LogP contribution in [-0.2, 0) is 34.9 Å². The number of esters is 1. The van der Waals surface area contributed by atoms with E-state index in [1.54, 1.807) is 6.07 Å². The Kier molecular flexibility index (Phi) is 10.4. The van der Waals surface area contributed by atoms with Crippen molar-refractivity contribution in [1.29, 1.82) is 0 Å². The number of phenols is 4. The number of hydrogen-bond acceptors (Lipinski definition) is 15. The summed E-state index contributed by atoms with van der Waals surface area (Å²) in [6.07, 6.45) is -8.35. The zero-order valence-electron chi connectivity index (χ0n) is 22.7. The number of carbonyl (C=O) groups excluding carboxylic acids is 1. The van der Waals surface area contributed by atoms with Gasteiger partial charge in [-0.05, 0) is 47.9 Å². The Morgan fingerprint density at radius 2 is 1.65 bits per heavy atom. The lowest BCUT2D eigenvalue weighted by molar-refractivity contribution is -0.336. The van der Waals surface area contributed by atoms with Gasteiger partial charge in [-0.1, -0.05) is 12.1 Å². The molecular weight excluding hydrogens is 576 g/mol. The molecule has 15 heteroatoms. The smallest absolute Gasteiger partial charge is 0.330 e. The molecule has 0 aromatic heterocycles. The highest BCUT2D eigenvalue weighted by Gasteiger charge is 2.53. The first-order valence-electron chi connectivity index (χ1n) is 13.2. The van der Waals surface area contributed by atoms with Gasteiger partial charge in [-0.15, -0.1) is 0 Å². The van der Waals surface area contributed by atoms with Crippen LogP contribution in [0.5, 0.6) is 23.0 Å². The van der Waals surface area contributed by atoms with E-state index in [0.717, 1.165) is 6.08 Å². The molecule has 0 unspecified atom stereocenters. The maximum absolute atomic E-state index is 12.3. The van der Waals surface area contributed by atoms with Gasteiger partial charge in [0, 0.05) is 6.08 Å². The minimum Gasteiger partial charge on any atom is -0.504 e. The second-order valence-corrected chi connectivity index (χ2v) is 10.2. The Morgan fingerprint density at radius 1 is 0.953 bits per heavy atom. The molecule has 0 radical (unpaired) electrons. The summed E-state index contributed by atoms with van der Waals surface area (Å²) in [5.41, 5.74) is -1.06. The van der Waals surface area contributed by atoms with Crippen molar-refractivity contribution in [3.8, 4) is 23.0 Å². The zero-order chi connectivity index (χ0) is 31.3. The highest BCUT2D eigenvalue weighted by atomic mass is 16.8. The van der Waals surface area contributed by atoms with E-state index in [2.05, 4.69) is 0 Å². The van der Waals surface area contributed by atoms with E-state index >= 15 is 0 Å². The highest BCUT2D eigenvalue weighted by molar-refractivity contribution is 5.87. The highest BCUT2D eigenvalue weighted by Crippen LogP contribution is 2.32. The van der Waals surface area contributed by atoms with Gasteiger partial charge in [0.2, 0.25) is 0 Å². The van der Waals surface area contributed by atoms with Crippen LogP contribution >= 0.6 is 0 Å². The number of phenolic OH excluding ortho intramolecular Hbond substituents is 4. The Bertz CT molecular complexity index is 1280. The van der Waals surface area contributed by atoms with Crippen LogP contribution in [0.3, 0.4) is 0 Å². The molecule has 0 amide bonds. The molecule has 0 bridgehead atoms. The van der Waals surface area contributed by atoms with Gasteiger partial charge in [0.15, 0.2) is 35.6 Å². The maximum Gasteiger partial charge on any atom is 0.330 e.